The Labute approximate surface area is 240 Å². The number of hydrogen-bond acceptors (Lipinski definition) is 7. The first kappa shape index (κ1) is 27.2. The van der Waals surface area contributed by atoms with Gasteiger partial charge in [-0.05, 0) is 82.6 Å². The van der Waals surface area contributed by atoms with Crippen LogP contribution in [0.25, 0.3) is 5.57 Å². The Morgan fingerprint density at radius 2 is 1.71 bits per heavy atom. The number of nitrogens with two attached hydrogens (primary N) is 1. The third-order valence-corrected chi connectivity index (χ3v) is 8.27. The number of rotatable bonds is 7. The van der Waals surface area contributed by atoms with Crippen LogP contribution in [-0.2, 0) is 4.74 Å². The number of aliphatic imine (C=N–C) groups is 1. The number of hydrogen-bond donors (Lipinski definition) is 1. The Balaban J connectivity index is 1.08. The van der Waals surface area contributed by atoms with Crippen molar-refractivity contribution < 1.29 is 19.1 Å². The summed E-state index contributed by atoms with van der Waals surface area (Å²) in [4.78, 5) is 50.7. The number of benzene rings is 1. The van der Waals surface area contributed by atoms with E-state index in [1.165, 1.54) is 4.90 Å². The van der Waals surface area contributed by atoms with Crippen LogP contribution >= 0.6 is 0 Å². The average molecular weight is 556 g/mol. The molecule has 9 heteroatoms. The Bertz CT molecular complexity index is 1410. The fourth-order valence-electron chi connectivity index (χ4n) is 5.69. The van der Waals surface area contributed by atoms with Gasteiger partial charge in [0.1, 0.15) is 5.60 Å². The second-order valence-corrected chi connectivity index (χ2v) is 12.7. The number of pyridine rings is 1. The normalized spacial score (nSPS) is 23.3. The predicted molar refractivity (Wildman–Crippen MR) is 155 cm³/mol. The number of carbonyl (C=O) groups excluding carboxylic acids is 3. The molecule has 1 saturated heterocycles. The van der Waals surface area contributed by atoms with Crippen LogP contribution in [-0.4, -0.2) is 70.2 Å². The minimum absolute atomic E-state index is 0.120. The molecule has 2 aliphatic heterocycles. The maximum Gasteiger partial charge on any atom is 0.410 e. The lowest BCUT2D eigenvalue weighted by molar-refractivity contribution is 0.00785. The van der Waals surface area contributed by atoms with Crippen molar-refractivity contribution in [3.05, 3.63) is 70.7 Å². The van der Waals surface area contributed by atoms with Crippen molar-refractivity contribution in [3.8, 4) is 0 Å². The van der Waals surface area contributed by atoms with Gasteiger partial charge in [0.15, 0.2) is 0 Å². The zero-order chi connectivity index (χ0) is 28.9. The summed E-state index contributed by atoms with van der Waals surface area (Å²) in [7, 11) is 0. The summed E-state index contributed by atoms with van der Waals surface area (Å²) in [6.45, 7) is 7.18. The summed E-state index contributed by atoms with van der Waals surface area (Å²) >= 11 is 0. The maximum atomic E-state index is 12.7. The smallest absolute Gasteiger partial charge is 0.410 e. The third-order valence-electron chi connectivity index (χ3n) is 8.27. The Kier molecular flexibility index (Phi) is 6.91. The zero-order valence-corrected chi connectivity index (χ0v) is 23.9. The molecule has 3 amide bonds. The first-order valence-corrected chi connectivity index (χ1v) is 14.5. The zero-order valence-electron chi connectivity index (χ0n) is 23.9. The number of ether oxygens (including phenoxy) is 1. The van der Waals surface area contributed by atoms with Gasteiger partial charge in [0.25, 0.3) is 11.8 Å². The molecule has 0 spiro atoms. The van der Waals surface area contributed by atoms with Crippen LogP contribution in [0.3, 0.4) is 0 Å². The van der Waals surface area contributed by atoms with E-state index < -0.39 is 5.60 Å². The molecule has 2 N–H and O–H groups in total. The van der Waals surface area contributed by atoms with Gasteiger partial charge in [-0.25, -0.2) is 4.79 Å². The molecule has 0 bridgehead atoms. The van der Waals surface area contributed by atoms with Gasteiger partial charge in [0.05, 0.1) is 22.9 Å². The molecule has 1 aromatic heterocycles. The molecule has 1 aromatic carbocycles. The molecule has 4 aliphatic rings. The summed E-state index contributed by atoms with van der Waals surface area (Å²) in [5.41, 5.74) is 10.5. The molecule has 214 valence electrons. The highest BCUT2D eigenvalue weighted by molar-refractivity contribution is 6.21. The molecular formula is C32H37N5O4. The van der Waals surface area contributed by atoms with Gasteiger partial charge in [-0.15, -0.1) is 0 Å². The van der Waals surface area contributed by atoms with Gasteiger partial charge in [-0.1, -0.05) is 18.2 Å². The van der Waals surface area contributed by atoms with Gasteiger partial charge in [0.2, 0.25) is 0 Å². The second kappa shape index (κ2) is 10.4. The molecule has 9 nitrogen and oxygen atoms in total. The highest BCUT2D eigenvalue weighted by Crippen LogP contribution is 2.38. The first-order valence-electron chi connectivity index (χ1n) is 14.5. The standard InChI is InChI=1S/C32H37N5O4/c1-32(2,3)41-31(40)36-17-21(18-36)26-9-6-10-27(35-26)25(28(33)20-11-12-20)15-34-22-13-19(14-22)16-37-29(38)23-7-4-5-8-24(23)30(37)39/h4-10,15,19-22H,11-14,16-18,33H2,1-3H3. The van der Waals surface area contributed by atoms with E-state index in [0.29, 0.717) is 36.7 Å². The minimum atomic E-state index is -0.519. The number of allylic oxidation sites excluding steroid dienone is 2. The van der Waals surface area contributed by atoms with Crippen LogP contribution in [0.4, 0.5) is 4.79 Å². The van der Waals surface area contributed by atoms with Crippen molar-refractivity contribution in [3.63, 3.8) is 0 Å². The monoisotopic (exact) mass is 555 g/mol. The average Bonchev–Trinajstić information content (AvgIpc) is 3.69. The molecule has 6 rings (SSSR count). The predicted octanol–water partition coefficient (Wildman–Crippen LogP) is 4.64. The fraction of sp³-hybridized carbons (Fsp3) is 0.469. The molecule has 0 radical (unpaired) electrons. The minimum Gasteiger partial charge on any atom is -0.444 e. The summed E-state index contributed by atoms with van der Waals surface area (Å²) in [6, 6.07) is 13.1. The van der Waals surface area contributed by atoms with E-state index in [1.807, 2.05) is 45.2 Å². The number of nitrogens with zero attached hydrogens (tertiary/aromatic N) is 4. The number of amides is 3. The van der Waals surface area contributed by atoms with Crippen LogP contribution in [0.2, 0.25) is 0 Å². The van der Waals surface area contributed by atoms with Crippen molar-refractivity contribution in [1.29, 1.82) is 0 Å². The van der Waals surface area contributed by atoms with Gasteiger partial charge < -0.3 is 15.4 Å². The Hall–Kier alpha value is -4.01. The van der Waals surface area contributed by atoms with E-state index in [0.717, 1.165) is 48.3 Å². The van der Waals surface area contributed by atoms with Gasteiger partial charge in [-0.3, -0.25) is 24.5 Å². The molecule has 41 heavy (non-hydrogen) atoms. The number of imide groups is 1. The van der Waals surface area contributed by atoms with E-state index >= 15 is 0 Å². The molecule has 2 saturated carbocycles. The Morgan fingerprint density at radius 1 is 1.05 bits per heavy atom. The Morgan fingerprint density at radius 3 is 2.32 bits per heavy atom. The molecule has 2 aliphatic carbocycles. The number of fused-ring (bicyclic) bond motifs is 1. The van der Waals surface area contributed by atoms with Crippen molar-refractivity contribution in [2.24, 2.45) is 22.6 Å². The van der Waals surface area contributed by atoms with Gasteiger partial charge in [0, 0.05) is 48.7 Å². The van der Waals surface area contributed by atoms with Crippen LogP contribution < -0.4 is 5.73 Å². The molecule has 2 aromatic rings. The van der Waals surface area contributed by atoms with Crippen LogP contribution in [0.5, 0.6) is 0 Å². The number of aromatic nitrogens is 1. The van der Waals surface area contributed by atoms with E-state index in [9.17, 15) is 14.4 Å². The lowest BCUT2D eigenvalue weighted by Gasteiger charge is -2.39. The summed E-state index contributed by atoms with van der Waals surface area (Å²) in [5.74, 6) is 0.340. The lowest BCUT2D eigenvalue weighted by atomic mass is 9.80. The summed E-state index contributed by atoms with van der Waals surface area (Å²) in [5, 5.41) is 0. The van der Waals surface area contributed by atoms with E-state index in [2.05, 4.69) is 0 Å². The van der Waals surface area contributed by atoms with Gasteiger partial charge in [-0.2, -0.15) is 0 Å². The highest BCUT2D eigenvalue weighted by Gasteiger charge is 2.40. The van der Waals surface area contributed by atoms with Crippen molar-refractivity contribution >= 4 is 29.7 Å². The largest absolute Gasteiger partial charge is 0.444 e. The molecular weight excluding hydrogens is 518 g/mol. The fourth-order valence-corrected chi connectivity index (χ4v) is 5.69. The van der Waals surface area contributed by atoms with Crippen molar-refractivity contribution in [1.82, 2.24) is 14.8 Å². The van der Waals surface area contributed by atoms with Crippen LogP contribution in [0, 0.1) is 11.8 Å². The van der Waals surface area contributed by atoms with Crippen molar-refractivity contribution in [2.75, 3.05) is 19.6 Å². The van der Waals surface area contributed by atoms with Gasteiger partial charge >= 0.3 is 6.09 Å². The SMILES string of the molecule is CC(C)(C)OC(=O)N1CC(c2cccc(C(C=NC3CC(CN4C(=O)c5ccccc5C4=O)C3)=C(N)C3CC3)n2)C1. The second-order valence-electron chi connectivity index (χ2n) is 12.7. The first-order chi connectivity index (χ1) is 19.6. The van der Waals surface area contributed by atoms with E-state index in [4.69, 9.17) is 20.4 Å². The lowest BCUT2D eigenvalue weighted by Crippen LogP contribution is -2.50. The maximum absolute atomic E-state index is 12.7. The molecule has 0 unspecified atom stereocenters. The third kappa shape index (κ3) is 5.62. The molecule has 0 atom stereocenters. The topological polar surface area (TPSA) is 118 Å². The van der Waals surface area contributed by atoms with Crippen LogP contribution in [0.1, 0.15) is 84.5 Å². The summed E-state index contributed by atoms with van der Waals surface area (Å²) < 4.78 is 5.48. The quantitative estimate of drug-likeness (QED) is 0.393. The van der Waals surface area contributed by atoms with E-state index in [1.54, 1.807) is 29.2 Å². The number of carbonyl (C=O) groups is 3. The number of likely N-dealkylation sites (tertiary alicyclic amines) is 1. The van der Waals surface area contributed by atoms with Crippen molar-refractivity contribution in [2.45, 2.75) is 64.0 Å². The molecule has 3 heterocycles. The molecule has 3 fully saturated rings. The van der Waals surface area contributed by atoms with E-state index in [-0.39, 0.29) is 35.8 Å². The van der Waals surface area contributed by atoms with Crippen LogP contribution in [0.15, 0.2) is 53.2 Å². The highest BCUT2D eigenvalue weighted by atomic mass is 16.6. The summed E-state index contributed by atoms with van der Waals surface area (Å²) in [6.07, 6.45) is 5.35.